The molecule has 0 radical (unpaired) electrons. The third-order valence-electron chi connectivity index (χ3n) is 4.74. The smallest absolute Gasteiger partial charge is 0.422 e. The number of anilines is 1. The molecule has 180 valence electrons. The lowest BCUT2D eigenvalue weighted by atomic mass is 10.2. The molecule has 0 aliphatic heterocycles. The van der Waals surface area contributed by atoms with E-state index in [0.717, 1.165) is 0 Å². The molecule has 0 aliphatic carbocycles. The highest BCUT2D eigenvalue weighted by Gasteiger charge is 2.32. The van der Waals surface area contributed by atoms with Crippen LogP contribution in [0.1, 0.15) is 17.0 Å². The molecule has 3 aromatic rings. The fourth-order valence-corrected chi connectivity index (χ4v) is 5.03. The van der Waals surface area contributed by atoms with E-state index < -0.39 is 22.8 Å². The van der Waals surface area contributed by atoms with Gasteiger partial charge in [0.05, 0.1) is 30.7 Å². The van der Waals surface area contributed by atoms with Gasteiger partial charge >= 0.3 is 6.18 Å². The number of hydrogen-bond donors (Lipinski definition) is 0. The molecule has 33 heavy (non-hydrogen) atoms. The van der Waals surface area contributed by atoms with Crippen LogP contribution in [0.15, 0.2) is 35.5 Å². The van der Waals surface area contributed by atoms with Crippen LogP contribution in [0.3, 0.4) is 0 Å². The fourth-order valence-electron chi connectivity index (χ4n) is 3.34. The highest BCUT2D eigenvalue weighted by Crippen LogP contribution is 2.33. The maximum Gasteiger partial charge on any atom is 0.422 e. The minimum absolute atomic E-state index is 0.0327. The van der Waals surface area contributed by atoms with Crippen molar-refractivity contribution >= 4 is 15.7 Å². The van der Waals surface area contributed by atoms with Crippen molar-refractivity contribution in [2.75, 3.05) is 18.0 Å². The lowest BCUT2D eigenvalue weighted by molar-refractivity contribution is -0.153. The number of hydrogen-bond acceptors (Lipinski definition) is 6. The molecule has 0 unspecified atom stereocenters. The van der Waals surface area contributed by atoms with Gasteiger partial charge in [-0.1, -0.05) is 6.07 Å². The number of rotatable bonds is 8. The molecule has 9 nitrogen and oxygen atoms in total. The average Bonchev–Trinajstić information content (AvgIpc) is 3.23. The van der Waals surface area contributed by atoms with Crippen molar-refractivity contribution in [2.45, 2.75) is 31.5 Å². The molecule has 3 rings (SSSR count). The number of aryl methyl sites for hydroxylation is 4. The minimum Gasteiger partial charge on any atom is -0.493 e. The Labute approximate surface area is 189 Å². The van der Waals surface area contributed by atoms with Gasteiger partial charge in [-0.3, -0.25) is 13.7 Å². The summed E-state index contributed by atoms with van der Waals surface area (Å²) < 4.78 is 78.9. The third-order valence-corrected chi connectivity index (χ3v) is 6.60. The lowest BCUT2D eigenvalue weighted by Crippen LogP contribution is -2.31. The van der Waals surface area contributed by atoms with Gasteiger partial charge in [0.25, 0.3) is 10.0 Å². The highest BCUT2D eigenvalue weighted by molar-refractivity contribution is 7.92. The summed E-state index contributed by atoms with van der Waals surface area (Å²) in [6.45, 7) is 1.68. The molecule has 0 saturated carbocycles. The van der Waals surface area contributed by atoms with Crippen LogP contribution >= 0.6 is 0 Å². The van der Waals surface area contributed by atoms with Gasteiger partial charge in [-0.25, -0.2) is 8.42 Å². The van der Waals surface area contributed by atoms with Crippen LogP contribution < -0.4 is 13.8 Å². The van der Waals surface area contributed by atoms with E-state index in [1.807, 2.05) is 0 Å². The number of methoxy groups -OCH3 is 1. The molecule has 0 amide bonds. The van der Waals surface area contributed by atoms with E-state index in [9.17, 15) is 21.6 Å². The summed E-state index contributed by atoms with van der Waals surface area (Å²) in [5, 5.41) is 8.37. The van der Waals surface area contributed by atoms with Gasteiger partial charge in [-0.2, -0.15) is 23.4 Å². The number of sulfonamides is 1. The van der Waals surface area contributed by atoms with Gasteiger partial charge < -0.3 is 9.47 Å². The van der Waals surface area contributed by atoms with Crippen LogP contribution in [0.2, 0.25) is 0 Å². The van der Waals surface area contributed by atoms with Gasteiger partial charge in [0, 0.05) is 26.5 Å². The molecule has 0 fully saturated rings. The molecule has 2 heterocycles. The number of ether oxygens (including phenoxy) is 2. The molecule has 1 aromatic carbocycles. The first-order chi connectivity index (χ1) is 15.3. The van der Waals surface area contributed by atoms with Gasteiger partial charge in [-0.05, 0) is 31.5 Å². The number of aromatic nitrogens is 4. The van der Waals surface area contributed by atoms with Crippen LogP contribution in [0.25, 0.3) is 0 Å². The Morgan fingerprint density at radius 1 is 1.03 bits per heavy atom. The largest absolute Gasteiger partial charge is 0.493 e. The third kappa shape index (κ3) is 5.41. The highest BCUT2D eigenvalue weighted by atomic mass is 32.2. The van der Waals surface area contributed by atoms with E-state index in [2.05, 4.69) is 10.2 Å². The summed E-state index contributed by atoms with van der Waals surface area (Å²) in [6, 6.07) is 4.24. The Morgan fingerprint density at radius 3 is 2.18 bits per heavy atom. The number of halogens is 3. The van der Waals surface area contributed by atoms with Crippen molar-refractivity contribution in [3.63, 3.8) is 0 Å². The molecule has 0 N–H and O–H groups in total. The summed E-state index contributed by atoms with van der Waals surface area (Å²) in [5.74, 6) is -0.0526. The Morgan fingerprint density at radius 2 is 1.67 bits per heavy atom. The summed E-state index contributed by atoms with van der Waals surface area (Å²) >= 11 is 0. The SMILES string of the molecule is COc1cc(CN(c2cn(C)nc2C)S(=O)(=O)c2cn(C)nc2C)ccc1OCC(F)(F)F. The van der Waals surface area contributed by atoms with Crippen molar-refractivity contribution in [1.82, 2.24) is 19.6 Å². The summed E-state index contributed by atoms with van der Waals surface area (Å²) in [7, 11) is 0.530. The molecule has 0 spiro atoms. The van der Waals surface area contributed by atoms with Gasteiger partial charge in [-0.15, -0.1) is 0 Å². The number of alkyl halides is 3. The van der Waals surface area contributed by atoms with Crippen LogP contribution in [-0.4, -0.2) is 47.9 Å². The molecule has 0 bridgehead atoms. The summed E-state index contributed by atoms with van der Waals surface area (Å²) in [4.78, 5) is 0.0327. The Hall–Kier alpha value is -3.22. The van der Waals surface area contributed by atoms with Crippen molar-refractivity contribution in [3.8, 4) is 11.5 Å². The van der Waals surface area contributed by atoms with E-state index in [-0.39, 0.29) is 22.9 Å². The zero-order valence-corrected chi connectivity index (χ0v) is 19.5. The Kier molecular flexibility index (Phi) is 6.63. The average molecular weight is 488 g/mol. The molecular weight excluding hydrogens is 463 g/mol. The molecule has 2 aromatic heterocycles. The second-order valence-electron chi connectivity index (χ2n) is 7.43. The Balaban J connectivity index is 2.03. The quantitative estimate of drug-likeness (QED) is 0.485. The maximum absolute atomic E-state index is 13.6. The van der Waals surface area contributed by atoms with E-state index in [1.165, 1.54) is 45.2 Å². The van der Waals surface area contributed by atoms with E-state index >= 15 is 0 Å². The molecule has 0 atom stereocenters. The van der Waals surface area contributed by atoms with E-state index in [4.69, 9.17) is 9.47 Å². The van der Waals surface area contributed by atoms with Crippen molar-refractivity contribution in [2.24, 2.45) is 14.1 Å². The first-order valence-electron chi connectivity index (χ1n) is 9.71. The maximum atomic E-state index is 13.6. The lowest BCUT2D eigenvalue weighted by Gasteiger charge is -2.24. The van der Waals surface area contributed by atoms with E-state index in [1.54, 1.807) is 34.1 Å². The zero-order valence-electron chi connectivity index (χ0n) is 18.7. The molecular formula is C20H24F3N5O4S. The van der Waals surface area contributed by atoms with Crippen molar-refractivity contribution < 1.29 is 31.1 Å². The zero-order chi connectivity index (χ0) is 24.6. The predicted molar refractivity (Wildman–Crippen MR) is 114 cm³/mol. The van der Waals surface area contributed by atoms with Gasteiger partial charge in [0.2, 0.25) is 0 Å². The standard InChI is InChI=1S/C20H24F3N5O4S/c1-13-16(10-26(3)24-13)28(33(29,30)19-11-27(4)25-14(19)2)9-15-6-7-17(18(8-15)31-5)32-12-20(21,22)23/h6-8,10-11H,9,12H2,1-5H3. The van der Waals surface area contributed by atoms with Crippen molar-refractivity contribution in [3.05, 3.63) is 47.5 Å². The minimum atomic E-state index is -4.51. The van der Waals surface area contributed by atoms with E-state index in [0.29, 0.717) is 22.6 Å². The monoisotopic (exact) mass is 487 g/mol. The van der Waals surface area contributed by atoms with Crippen LogP contribution in [0.4, 0.5) is 18.9 Å². The van der Waals surface area contributed by atoms with Crippen LogP contribution in [-0.2, 0) is 30.7 Å². The Bertz CT molecular complexity index is 1250. The first-order valence-corrected chi connectivity index (χ1v) is 11.2. The number of benzene rings is 1. The summed E-state index contributed by atoms with van der Waals surface area (Å²) in [5.41, 5.74) is 1.65. The second-order valence-corrected chi connectivity index (χ2v) is 9.26. The topological polar surface area (TPSA) is 91.5 Å². The van der Waals surface area contributed by atoms with Crippen molar-refractivity contribution in [1.29, 1.82) is 0 Å². The van der Waals surface area contributed by atoms with Gasteiger partial charge in [0.15, 0.2) is 18.1 Å². The first kappa shape index (κ1) is 24.4. The predicted octanol–water partition coefficient (Wildman–Crippen LogP) is 3.12. The molecule has 0 aliphatic rings. The van der Waals surface area contributed by atoms with Gasteiger partial charge in [0.1, 0.15) is 4.90 Å². The number of nitrogens with zero attached hydrogens (tertiary/aromatic N) is 5. The van der Waals surface area contributed by atoms with Crippen LogP contribution in [0, 0.1) is 13.8 Å². The second kappa shape index (κ2) is 8.96. The molecule has 0 saturated heterocycles. The normalized spacial score (nSPS) is 12.1. The summed E-state index contributed by atoms with van der Waals surface area (Å²) in [6.07, 6.45) is -1.51. The fraction of sp³-hybridized carbons (Fsp3) is 0.400. The van der Waals surface area contributed by atoms with Crippen LogP contribution in [0.5, 0.6) is 11.5 Å². The molecule has 13 heteroatoms.